The molecule has 0 aliphatic rings. The van der Waals surface area contributed by atoms with E-state index in [1.54, 1.807) is 6.07 Å². The molecule has 11 heavy (non-hydrogen) atoms. The summed E-state index contributed by atoms with van der Waals surface area (Å²) in [5, 5.41) is 0.121. The predicted molar refractivity (Wildman–Crippen MR) is 50.7 cm³/mol. The highest BCUT2D eigenvalue weighted by atomic mass is 127. The van der Waals surface area contributed by atoms with Gasteiger partial charge in [0.2, 0.25) is 0 Å². The lowest BCUT2D eigenvalue weighted by Gasteiger charge is -2.03. The van der Waals surface area contributed by atoms with Gasteiger partial charge in [0.1, 0.15) is 5.75 Å². The molecule has 0 aliphatic carbocycles. The molecule has 0 unspecified atom stereocenters. The Morgan fingerprint density at radius 2 is 2.18 bits per heavy atom. The van der Waals surface area contributed by atoms with Gasteiger partial charge in [-0.05, 0) is 34.7 Å². The summed E-state index contributed by atoms with van der Waals surface area (Å²) >= 11 is 7.35. The van der Waals surface area contributed by atoms with Crippen molar-refractivity contribution in [1.82, 2.24) is 0 Å². The van der Waals surface area contributed by atoms with Crippen LogP contribution in [0.1, 0.15) is 0 Å². The Morgan fingerprint density at radius 3 is 2.73 bits per heavy atom. The maximum Gasteiger partial charge on any atom is 0.158 e. The Hall–Kier alpha value is -0.0300. The van der Waals surface area contributed by atoms with Gasteiger partial charge < -0.3 is 4.74 Å². The number of benzene rings is 1. The van der Waals surface area contributed by atoms with Crippen LogP contribution in [0.4, 0.5) is 4.39 Å². The van der Waals surface area contributed by atoms with Crippen molar-refractivity contribution in [2.45, 2.75) is 0 Å². The Bertz CT molecular complexity index is 277. The Balaban J connectivity index is 3.25. The van der Waals surface area contributed by atoms with Crippen molar-refractivity contribution in [2.75, 3.05) is 7.11 Å². The van der Waals surface area contributed by atoms with E-state index in [0.29, 0.717) is 9.32 Å². The lowest BCUT2D eigenvalue weighted by molar-refractivity contribution is 0.407. The van der Waals surface area contributed by atoms with Crippen molar-refractivity contribution in [2.24, 2.45) is 0 Å². The van der Waals surface area contributed by atoms with Crippen molar-refractivity contribution in [1.29, 1.82) is 0 Å². The van der Waals surface area contributed by atoms with Gasteiger partial charge in [0, 0.05) is 0 Å². The van der Waals surface area contributed by atoms with Crippen LogP contribution in [0.3, 0.4) is 0 Å². The molecular formula is C7H5ClFIO. The van der Waals surface area contributed by atoms with E-state index in [9.17, 15) is 4.39 Å². The molecule has 0 radical (unpaired) electrons. The molecule has 0 heterocycles. The van der Waals surface area contributed by atoms with Crippen LogP contribution in [0, 0.1) is 9.39 Å². The van der Waals surface area contributed by atoms with E-state index in [2.05, 4.69) is 0 Å². The summed E-state index contributed by atoms with van der Waals surface area (Å²) in [5.41, 5.74) is 0. The summed E-state index contributed by atoms with van der Waals surface area (Å²) in [6.45, 7) is 0. The van der Waals surface area contributed by atoms with Crippen LogP contribution in [-0.2, 0) is 0 Å². The minimum absolute atomic E-state index is 0.121. The lowest BCUT2D eigenvalue weighted by atomic mass is 10.3. The molecular weight excluding hydrogens is 281 g/mol. The molecule has 0 saturated heterocycles. The Kier molecular flexibility index (Phi) is 2.95. The van der Waals surface area contributed by atoms with E-state index in [4.69, 9.17) is 16.3 Å². The molecule has 1 aromatic rings. The molecule has 0 aromatic heterocycles. The van der Waals surface area contributed by atoms with Gasteiger partial charge in [0.15, 0.2) is 5.82 Å². The van der Waals surface area contributed by atoms with Crippen molar-refractivity contribution in [3.05, 3.63) is 26.5 Å². The first-order chi connectivity index (χ1) is 5.16. The largest absolute Gasteiger partial charge is 0.496 e. The van der Waals surface area contributed by atoms with Gasteiger partial charge >= 0.3 is 0 Å². The molecule has 1 nitrogen and oxygen atoms in total. The maximum atomic E-state index is 13.0. The number of ether oxygens (including phenoxy) is 1. The van der Waals surface area contributed by atoms with E-state index in [1.807, 2.05) is 22.6 Å². The third kappa shape index (κ3) is 1.76. The van der Waals surface area contributed by atoms with Crippen LogP contribution >= 0.6 is 34.2 Å². The molecule has 0 atom stereocenters. The van der Waals surface area contributed by atoms with Crippen LogP contribution < -0.4 is 4.74 Å². The Morgan fingerprint density at radius 1 is 1.55 bits per heavy atom. The van der Waals surface area contributed by atoms with Gasteiger partial charge in [0.05, 0.1) is 15.7 Å². The van der Waals surface area contributed by atoms with E-state index in [1.165, 1.54) is 13.2 Å². The van der Waals surface area contributed by atoms with E-state index in [-0.39, 0.29) is 5.02 Å². The number of halogens is 3. The zero-order valence-electron chi connectivity index (χ0n) is 5.70. The predicted octanol–water partition coefficient (Wildman–Crippen LogP) is 3.09. The van der Waals surface area contributed by atoms with Crippen molar-refractivity contribution < 1.29 is 9.13 Å². The monoisotopic (exact) mass is 286 g/mol. The molecule has 0 bridgehead atoms. The standard InChI is InChI=1S/C7H5ClFIO/c1-11-5-3-2-4(8)6(9)7(5)10/h2-3H,1H3. The van der Waals surface area contributed by atoms with Crippen molar-refractivity contribution in [3.63, 3.8) is 0 Å². The molecule has 1 rings (SSSR count). The van der Waals surface area contributed by atoms with Crippen LogP contribution in [0.15, 0.2) is 12.1 Å². The van der Waals surface area contributed by atoms with Gasteiger partial charge in [-0.2, -0.15) is 0 Å². The third-order valence-corrected chi connectivity index (χ3v) is 2.52. The summed E-state index contributed by atoms with van der Waals surface area (Å²) in [6.07, 6.45) is 0. The average molecular weight is 286 g/mol. The van der Waals surface area contributed by atoms with Gasteiger partial charge in [-0.15, -0.1) is 0 Å². The molecule has 0 fully saturated rings. The first-order valence-electron chi connectivity index (χ1n) is 2.84. The van der Waals surface area contributed by atoms with Gasteiger partial charge in [-0.25, -0.2) is 4.39 Å². The van der Waals surface area contributed by atoms with Crippen LogP contribution in [0.5, 0.6) is 5.75 Å². The fraction of sp³-hybridized carbons (Fsp3) is 0.143. The molecule has 1 aromatic carbocycles. The zero-order valence-corrected chi connectivity index (χ0v) is 8.61. The van der Waals surface area contributed by atoms with Gasteiger partial charge in [0.25, 0.3) is 0 Å². The molecule has 0 spiro atoms. The second-order valence-electron chi connectivity index (χ2n) is 1.88. The summed E-state index contributed by atoms with van der Waals surface area (Å²) in [6, 6.07) is 3.10. The Labute approximate surface area is 82.6 Å². The molecule has 0 saturated carbocycles. The zero-order chi connectivity index (χ0) is 8.43. The summed E-state index contributed by atoms with van der Waals surface area (Å²) in [5.74, 6) is 0.0825. The first-order valence-corrected chi connectivity index (χ1v) is 4.30. The molecule has 4 heteroatoms. The number of methoxy groups -OCH3 is 1. The third-order valence-electron chi connectivity index (χ3n) is 1.22. The topological polar surface area (TPSA) is 9.23 Å². The number of hydrogen-bond acceptors (Lipinski definition) is 1. The van der Waals surface area contributed by atoms with Crippen molar-refractivity contribution in [3.8, 4) is 5.75 Å². The fourth-order valence-electron chi connectivity index (χ4n) is 0.666. The van der Waals surface area contributed by atoms with Gasteiger partial charge in [-0.1, -0.05) is 11.6 Å². The fourth-order valence-corrected chi connectivity index (χ4v) is 1.67. The first kappa shape index (κ1) is 9.06. The summed E-state index contributed by atoms with van der Waals surface area (Å²) in [4.78, 5) is 0. The normalized spacial score (nSPS) is 9.82. The highest BCUT2D eigenvalue weighted by Gasteiger charge is 2.08. The smallest absolute Gasteiger partial charge is 0.158 e. The molecule has 0 N–H and O–H groups in total. The highest BCUT2D eigenvalue weighted by Crippen LogP contribution is 2.28. The molecule has 0 amide bonds. The van der Waals surface area contributed by atoms with Crippen LogP contribution in [0.25, 0.3) is 0 Å². The number of hydrogen-bond donors (Lipinski definition) is 0. The average Bonchev–Trinajstić information content (AvgIpc) is 2.01. The molecule has 60 valence electrons. The quantitative estimate of drug-likeness (QED) is 0.569. The van der Waals surface area contributed by atoms with Gasteiger partial charge in [-0.3, -0.25) is 0 Å². The SMILES string of the molecule is COc1ccc(Cl)c(F)c1I. The van der Waals surface area contributed by atoms with Crippen LogP contribution in [0.2, 0.25) is 5.02 Å². The molecule has 0 aliphatic heterocycles. The van der Waals surface area contributed by atoms with Crippen LogP contribution in [-0.4, -0.2) is 7.11 Å². The summed E-state index contributed by atoms with van der Waals surface area (Å²) < 4.78 is 18.2. The number of rotatable bonds is 1. The lowest BCUT2D eigenvalue weighted by Crippen LogP contribution is -1.90. The maximum absolute atomic E-state index is 13.0. The van der Waals surface area contributed by atoms with E-state index < -0.39 is 5.82 Å². The minimum Gasteiger partial charge on any atom is -0.496 e. The minimum atomic E-state index is -0.424. The van der Waals surface area contributed by atoms with Crippen molar-refractivity contribution >= 4 is 34.2 Å². The van der Waals surface area contributed by atoms with E-state index >= 15 is 0 Å². The summed E-state index contributed by atoms with van der Waals surface area (Å²) in [7, 11) is 1.49. The highest BCUT2D eigenvalue weighted by molar-refractivity contribution is 14.1. The van der Waals surface area contributed by atoms with E-state index in [0.717, 1.165) is 0 Å². The second kappa shape index (κ2) is 3.58. The second-order valence-corrected chi connectivity index (χ2v) is 3.36.